The average Bonchev–Trinajstić information content (AvgIpc) is 2.79. The van der Waals surface area contributed by atoms with Crippen molar-refractivity contribution in [3.8, 4) is 0 Å². The maximum absolute atomic E-state index is 5.57. The molecule has 2 heteroatoms. The minimum Gasteiger partial charge on any atom is -0.368 e. The fraction of sp³-hybridized carbons (Fsp3) is 1.00. The lowest BCUT2D eigenvalue weighted by molar-refractivity contribution is 0.375. The van der Waals surface area contributed by atoms with Crippen LogP contribution in [0.1, 0.15) is 32.6 Å². The largest absolute Gasteiger partial charge is 0.368 e. The summed E-state index contributed by atoms with van der Waals surface area (Å²) in [4.78, 5) is 0. The zero-order chi connectivity index (χ0) is 7.68. The van der Waals surface area contributed by atoms with Crippen molar-refractivity contribution < 1.29 is 4.74 Å². The van der Waals surface area contributed by atoms with Crippen LogP contribution in [0.3, 0.4) is 0 Å². The molecule has 1 saturated heterocycles. The molecule has 0 aromatic carbocycles. The lowest BCUT2D eigenvalue weighted by atomic mass is 10.0. The molecule has 11 heavy (non-hydrogen) atoms. The van der Waals surface area contributed by atoms with E-state index in [2.05, 4.69) is 18.7 Å². The van der Waals surface area contributed by atoms with Crippen LogP contribution in [-0.4, -0.2) is 23.2 Å². The SMILES string of the molecule is CCCSC1CCCC2OC21. The first-order chi connectivity index (χ1) is 5.42. The van der Waals surface area contributed by atoms with Gasteiger partial charge in [0.1, 0.15) is 0 Å². The van der Waals surface area contributed by atoms with E-state index in [1.54, 1.807) is 0 Å². The first kappa shape index (κ1) is 7.93. The van der Waals surface area contributed by atoms with Gasteiger partial charge in [-0.1, -0.05) is 6.92 Å². The van der Waals surface area contributed by atoms with E-state index < -0.39 is 0 Å². The Balaban J connectivity index is 1.75. The molecule has 0 bridgehead atoms. The molecule has 1 aliphatic carbocycles. The Hall–Kier alpha value is 0.310. The van der Waals surface area contributed by atoms with E-state index in [1.807, 2.05) is 0 Å². The Labute approximate surface area is 72.9 Å². The van der Waals surface area contributed by atoms with Crippen molar-refractivity contribution in [3.05, 3.63) is 0 Å². The number of epoxide rings is 1. The molecule has 2 rings (SSSR count). The van der Waals surface area contributed by atoms with Crippen LogP contribution in [0.5, 0.6) is 0 Å². The molecule has 0 N–H and O–H groups in total. The molecule has 64 valence electrons. The van der Waals surface area contributed by atoms with Crippen LogP contribution in [0, 0.1) is 0 Å². The molecule has 0 radical (unpaired) electrons. The molecule has 1 nitrogen and oxygen atoms in total. The van der Waals surface area contributed by atoms with Gasteiger partial charge in [0.15, 0.2) is 0 Å². The quantitative estimate of drug-likeness (QED) is 0.606. The summed E-state index contributed by atoms with van der Waals surface area (Å²) in [5.74, 6) is 1.32. The Morgan fingerprint density at radius 1 is 1.45 bits per heavy atom. The highest BCUT2D eigenvalue weighted by molar-refractivity contribution is 7.99. The standard InChI is InChI=1S/C9H16OS/c1-2-6-11-8-5-3-4-7-9(8)10-7/h7-9H,2-6H2,1H3. The zero-order valence-corrected chi connectivity index (χ0v) is 7.90. The maximum Gasteiger partial charge on any atom is 0.0960 e. The number of fused-ring (bicyclic) bond motifs is 1. The van der Waals surface area contributed by atoms with Gasteiger partial charge in [-0.15, -0.1) is 0 Å². The van der Waals surface area contributed by atoms with Crippen LogP contribution in [-0.2, 0) is 4.74 Å². The second-order valence-corrected chi connectivity index (χ2v) is 4.83. The lowest BCUT2D eigenvalue weighted by Crippen LogP contribution is -2.18. The van der Waals surface area contributed by atoms with Crippen LogP contribution in [0.4, 0.5) is 0 Å². The Bertz CT molecular complexity index is 138. The number of thioether (sulfide) groups is 1. The molecule has 2 fully saturated rings. The van der Waals surface area contributed by atoms with Crippen molar-refractivity contribution in [2.45, 2.75) is 50.1 Å². The van der Waals surface area contributed by atoms with E-state index in [-0.39, 0.29) is 0 Å². The van der Waals surface area contributed by atoms with Gasteiger partial charge < -0.3 is 4.74 Å². The topological polar surface area (TPSA) is 12.5 Å². The molecule has 1 saturated carbocycles. The maximum atomic E-state index is 5.57. The van der Waals surface area contributed by atoms with Gasteiger partial charge in [-0.3, -0.25) is 0 Å². The highest BCUT2D eigenvalue weighted by atomic mass is 32.2. The average molecular weight is 172 g/mol. The van der Waals surface area contributed by atoms with Crippen molar-refractivity contribution in [2.24, 2.45) is 0 Å². The molecule has 0 amide bonds. The second-order valence-electron chi connectivity index (χ2n) is 3.48. The summed E-state index contributed by atoms with van der Waals surface area (Å²) in [5.41, 5.74) is 0. The summed E-state index contributed by atoms with van der Waals surface area (Å²) < 4.78 is 5.57. The van der Waals surface area contributed by atoms with Gasteiger partial charge in [-0.2, -0.15) is 11.8 Å². The minimum atomic E-state index is 0.653. The van der Waals surface area contributed by atoms with Crippen LogP contribution >= 0.6 is 11.8 Å². The monoisotopic (exact) mass is 172 g/mol. The number of rotatable bonds is 3. The molecular weight excluding hydrogens is 156 g/mol. The normalized spacial score (nSPS) is 41.7. The number of ether oxygens (including phenoxy) is 1. The van der Waals surface area contributed by atoms with Gasteiger partial charge in [-0.05, 0) is 31.4 Å². The predicted molar refractivity (Wildman–Crippen MR) is 49.0 cm³/mol. The van der Waals surface area contributed by atoms with Gasteiger partial charge in [0.25, 0.3) is 0 Å². The van der Waals surface area contributed by atoms with Crippen molar-refractivity contribution in [1.82, 2.24) is 0 Å². The van der Waals surface area contributed by atoms with Crippen molar-refractivity contribution in [2.75, 3.05) is 5.75 Å². The van der Waals surface area contributed by atoms with E-state index in [1.165, 1.54) is 31.4 Å². The zero-order valence-electron chi connectivity index (χ0n) is 7.08. The number of hydrogen-bond acceptors (Lipinski definition) is 2. The third kappa shape index (κ3) is 1.73. The van der Waals surface area contributed by atoms with Crippen molar-refractivity contribution >= 4 is 11.8 Å². The van der Waals surface area contributed by atoms with Gasteiger partial charge in [0.2, 0.25) is 0 Å². The third-order valence-corrected chi connectivity index (χ3v) is 4.08. The summed E-state index contributed by atoms with van der Waals surface area (Å²) in [6.45, 7) is 2.25. The van der Waals surface area contributed by atoms with Crippen LogP contribution in [0.15, 0.2) is 0 Å². The molecule has 0 aromatic rings. The Kier molecular flexibility index (Phi) is 2.42. The summed E-state index contributed by atoms with van der Waals surface area (Å²) >= 11 is 2.12. The summed E-state index contributed by atoms with van der Waals surface area (Å²) in [6, 6.07) is 0. The molecule has 3 atom stereocenters. The molecule has 0 aromatic heterocycles. The highest BCUT2D eigenvalue weighted by Crippen LogP contribution is 2.42. The molecule has 1 aliphatic heterocycles. The van der Waals surface area contributed by atoms with Crippen LogP contribution in [0.25, 0.3) is 0 Å². The predicted octanol–water partition coefficient (Wildman–Crippen LogP) is 2.45. The summed E-state index contributed by atoms with van der Waals surface area (Å²) in [5, 5.41) is 0.841. The third-order valence-electron chi connectivity index (χ3n) is 2.50. The van der Waals surface area contributed by atoms with Crippen LogP contribution in [0.2, 0.25) is 0 Å². The van der Waals surface area contributed by atoms with Crippen molar-refractivity contribution in [1.29, 1.82) is 0 Å². The van der Waals surface area contributed by atoms with Gasteiger partial charge in [0, 0.05) is 5.25 Å². The fourth-order valence-corrected chi connectivity index (χ4v) is 3.15. The number of hydrogen-bond donors (Lipinski definition) is 0. The second kappa shape index (κ2) is 3.36. The summed E-state index contributed by atoms with van der Waals surface area (Å²) in [6.07, 6.45) is 6.74. The molecule has 3 unspecified atom stereocenters. The molecule has 2 aliphatic rings. The van der Waals surface area contributed by atoms with Gasteiger partial charge >= 0.3 is 0 Å². The highest BCUT2D eigenvalue weighted by Gasteiger charge is 2.46. The Morgan fingerprint density at radius 2 is 2.36 bits per heavy atom. The van der Waals surface area contributed by atoms with E-state index in [9.17, 15) is 0 Å². The van der Waals surface area contributed by atoms with E-state index in [0.29, 0.717) is 12.2 Å². The van der Waals surface area contributed by atoms with E-state index in [0.717, 1.165) is 5.25 Å². The minimum absolute atomic E-state index is 0.653. The first-order valence-corrected chi connectivity index (χ1v) is 5.73. The van der Waals surface area contributed by atoms with Gasteiger partial charge in [-0.25, -0.2) is 0 Å². The van der Waals surface area contributed by atoms with Crippen molar-refractivity contribution in [3.63, 3.8) is 0 Å². The molecule has 1 heterocycles. The lowest BCUT2D eigenvalue weighted by Gasteiger charge is -2.16. The Morgan fingerprint density at radius 3 is 3.18 bits per heavy atom. The molecule has 0 spiro atoms. The van der Waals surface area contributed by atoms with Gasteiger partial charge in [0.05, 0.1) is 12.2 Å². The first-order valence-electron chi connectivity index (χ1n) is 4.69. The van der Waals surface area contributed by atoms with E-state index in [4.69, 9.17) is 4.74 Å². The fourth-order valence-electron chi connectivity index (χ4n) is 1.85. The smallest absolute Gasteiger partial charge is 0.0960 e. The molecular formula is C9H16OS. The summed E-state index contributed by atoms with van der Waals surface area (Å²) in [7, 11) is 0. The van der Waals surface area contributed by atoms with Crippen LogP contribution < -0.4 is 0 Å². The van der Waals surface area contributed by atoms with E-state index >= 15 is 0 Å².